The van der Waals surface area contributed by atoms with Crippen LogP contribution in [0.2, 0.25) is 0 Å². The second kappa shape index (κ2) is 15.8. The Kier molecular flexibility index (Phi) is 25.7. The first-order valence-corrected chi connectivity index (χ1v) is 3.61. The highest BCUT2D eigenvalue weighted by atomic mass is 13.8. The molecule has 0 N–H and O–H groups in total. The Balaban J connectivity index is -0.000000149. The monoisotopic (exact) mass is 142 g/mol. The maximum Gasteiger partial charge on any atom is -0.0313 e. The summed E-state index contributed by atoms with van der Waals surface area (Å²) in [7, 11) is 0. The molecular weight excluding hydrogens is 120 g/mol. The largest absolute Gasteiger partial charge is 0.0959 e. The fraction of sp³-hybridized carbons (Fsp3) is 0.600. The molecule has 0 amide bonds. The molecule has 0 rings (SSSR count). The van der Waals surface area contributed by atoms with Crippen molar-refractivity contribution in [1.82, 2.24) is 0 Å². The highest BCUT2D eigenvalue weighted by Crippen LogP contribution is 1.95. The molecule has 62 valence electrons. The van der Waals surface area contributed by atoms with Gasteiger partial charge in [-0.25, -0.2) is 0 Å². The number of hydrogen-bond acceptors (Lipinski definition) is 0. The van der Waals surface area contributed by atoms with E-state index in [1.165, 1.54) is 5.57 Å². The smallest absolute Gasteiger partial charge is 0.0313 e. The van der Waals surface area contributed by atoms with Crippen LogP contribution in [-0.4, -0.2) is 0 Å². The Hall–Kier alpha value is -0.520. The molecule has 0 aromatic rings. The summed E-state index contributed by atoms with van der Waals surface area (Å²) in [5.41, 5.74) is 1.20. The average Bonchev–Trinajstić information content (AvgIpc) is 1.93. The number of allylic oxidation sites excluding steroid dienone is 3. The molecular formula is C10H22. The van der Waals surface area contributed by atoms with Gasteiger partial charge in [0.2, 0.25) is 0 Å². The van der Waals surface area contributed by atoms with Crippen LogP contribution < -0.4 is 0 Å². The van der Waals surface area contributed by atoms with Gasteiger partial charge in [-0.15, -0.1) is 0 Å². The summed E-state index contributed by atoms with van der Waals surface area (Å²) in [6.45, 7) is 11.9. The van der Waals surface area contributed by atoms with Crippen molar-refractivity contribution in [3.63, 3.8) is 0 Å². The molecule has 0 aliphatic heterocycles. The molecule has 0 saturated heterocycles. The molecule has 0 atom stereocenters. The van der Waals surface area contributed by atoms with Gasteiger partial charge in [0.05, 0.1) is 0 Å². The summed E-state index contributed by atoms with van der Waals surface area (Å²) >= 11 is 0. The topological polar surface area (TPSA) is 0 Å². The van der Waals surface area contributed by atoms with E-state index in [2.05, 4.69) is 13.5 Å². The van der Waals surface area contributed by atoms with Crippen LogP contribution in [-0.2, 0) is 0 Å². The van der Waals surface area contributed by atoms with E-state index in [1.54, 1.807) is 0 Å². The van der Waals surface area contributed by atoms with E-state index >= 15 is 0 Å². The van der Waals surface area contributed by atoms with Crippen LogP contribution in [0, 0.1) is 0 Å². The second-order valence-corrected chi connectivity index (χ2v) is 1.51. The van der Waals surface area contributed by atoms with E-state index in [1.807, 2.05) is 32.9 Å². The number of hydrogen-bond donors (Lipinski definition) is 0. The Morgan fingerprint density at radius 3 is 1.90 bits per heavy atom. The third-order valence-electron chi connectivity index (χ3n) is 0.856. The predicted octanol–water partition coefficient (Wildman–Crippen LogP) is 4.19. The van der Waals surface area contributed by atoms with Gasteiger partial charge in [0.15, 0.2) is 0 Å². The van der Waals surface area contributed by atoms with Crippen LogP contribution in [0.25, 0.3) is 0 Å². The lowest BCUT2D eigenvalue weighted by Crippen LogP contribution is -1.65. The van der Waals surface area contributed by atoms with Crippen LogP contribution in [0.5, 0.6) is 0 Å². The molecule has 0 nitrogen and oxygen atoms in total. The zero-order chi connectivity index (χ0) is 7.70. The predicted molar refractivity (Wildman–Crippen MR) is 52.3 cm³/mol. The van der Waals surface area contributed by atoms with Crippen LogP contribution in [0.1, 0.15) is 41.5 Å². The Morgan fingerprint density at radius 1 is 1.40 bits per heavy atom. The van der Waals surface area contributed by atoms with Crippen molar-refractivity contribution in [2.45, 2.75) is 41.5 Å². The van der Waals surface area contributed by atoms with E-state index in [0.717, 1.165) is 6.42 Å². The molecule has 0 aliphatic rings. The minimum atomic E-state index is 0. The van der Waals surface area contributed by atoms with Crippen molar-refractivity contribution in [2.75, 3.05) is 0 Å². The normalized spacial score (nSPS) is 7.60. The summed E-state index contributed by atoms with van der Waals surface area (Å²) in [6, 6.07) is 0. The maximum absolute atomic E-state index is 3.78. The summed E-state index contributed by atoms with van der Waals surface area (Å²) in [5, 5.41) is 0. The standard InChI is InChI=1S/C7H12.C2H6.CH4/c1-4-6-7(3)5-2;1-2;/h4,6H,3,5H2,1-2H3;1-2H3;1H4/b6-4-;;. The van der Waals surface area contributed by atoms with Gasteiger partial charge in [0, 0.05) is 0 Å². The van der Waals surface area contributed by atoms with E-state index in [4.69, 9.17) is 0 Å². The third kappa shape index (κ3) is 15.6. The molecule has 0 saturated carbocycles. The van der Waals surface area contributed by atoms with Gasteiger partial charge < -0.3 is 0 Å². The average molecular weight is 142 g/mol. The van der Waals surface area contributed by atoms with Gasteiger partial charge in [0.1, 0.15) is 0 Å². The third-order valence-corrected chi connectivity index (χ3v) is 0.856. The van der Waals surface area contributed by atoms with Gasteiger partial charge in [0.25, 0.3) is 0 Å². The van der Waals surface area contributed by atoms with Crippen molar-refractivity contribution in [1.29, 1.82) is 0 Å². The first-order chi connectivity index (χ1) is 4.31. The Bertz CT molecular complexity index is 78.0. The molecule has 0 radical (unpaired) electrons. The highest BCUT2D eigenvalue weighted by molar-refractivity contribution is 5.12. The highest BCUT2D eigenvalue weighted by Gasteiger charge is 1.75. The SMILES string of the molecule is C.C=C(/C=C\C)CC.CC. The van der Waals surface area contributed by atoms with Crippen LogP contribution in [0.4, 0.5) is 0 Å². The lowest BCUT2D eigenvalue weighted by Gasteiger charge is -1.85. The summed E-state index contributed by atoms with van der Waals surface area (Å²) in [6.07, 6.45) is 5.09. The molecule has 0 fully saturated rings. The van der Waals surface area contributed by atoms with Crippen molar-refractivity contribution < 1.29 is 0 Å². The molecule has 0 heterocycles. The first-order valence-electron chi connectivity index (χ1n) is 3.61. The molecule has 0 aromatic carbocycles. The molecule has 0 heteroatoms. The molecule has 0 aliphatic carbocycles. The van der Waals surface area contributed by atoms with Gasteiger partial charge in [-0.1, -0.05) is 52.5 Å². The molecule has 10 heavy (non-hydrogen) atoms. The van der Waals surface area contributed by atoms with Gasteiger partial charge >= 0.3 is 0 Å². The van der Waals surface area contributed by atoms with E-state index in [9.17, 15) is 0 Å². The van der Waals surface area contributed by atoms with E-state index < -0.39 is 0 Å². The summed E-state index contributed by atoms with van der Waals surface area (Å²) in [5.74, 6) is 0. The van der Waals surface area contributed by atoms with E-state index in [-0.39, 0.29) is 7.43 Å². The Morgan fingerprint density at radius 2 is 1.80 bits per heavy atom. The lowest BCUT2D eigenvalue weighted by molar-refractivity contribution is 1.16. The first kappa shape index (κ1) is 16.2. The van der Waals surface area contributed by atoms with Crippen LogP contribution in [0.3, 0.4) is 0 Å². The van der Waals surface area contributed by atoms with Crippen molar-refractivity contribution >= 4 is 0 Å². The fourth-order valence-electron chi connectivity index (χ4n) is 0.354. The van der Waals surface area contributed by atoms with Crippen molar-refractivity contribution in [3.05, 3.63) is 24.3 Å². The van der Waals surface area contributed by atoms with Crippen molar-refractivity contribution in [2.24, 2.45) is 0 Å². The molecule has 0 unspecified atom stereocenters. The summed E-state index contributed by atoms with van der Waals surface area (Å²) < 4.78 is 0. The van der Waals surface area contributed by atoms with Crippen LogP contribution in [0.15, 0.2) is 24.3 Å². The van der Waals surface area contributed by atoms with Gasteiger partial charge in [-0.2, -0.15) is 0 Å². The second-order valence-electron chi connectivity index (χ2n) is 1.51. The molecule has 0 bridgehead atoms. The maximum atomic E-state index is 3.78. The van der Waals surface area contributed by atoms with Crippen molar-refractivity contribution in [3.8, 4) is 0 Å². The lowest BCUT2D eigenvalue weighted by atomic mass is 10.2. The Labute approximate surface area is 66.7 Å². The minimum absolute atomic E-state index is 0. The fourth-order valence-corrected chi connectivity index (χ4v) is 0.354. The molecule has 0 spiro atoms. The van der Waals surface area contributed by atoms with Gasteiger partial charge in [-0.05, 0) is 13.3 Å². The zero-order valence-electron chi connectivity index (χ0n) is 7.07. The minimum Gasteiger partial charge on any atom is -0.0959 e. The van der Waals surface area contributed by atoms with Gasteiger partial charge in [-0.3, -0.25) is 0 Å². The number of rotatable bonds is 2. The molecule has 0 aromatic heterocycles. The van der Waals surface area contributed by atoms with Crippen LogP contribution >= 0.6 is 0 Å². The quantitative estimate of drug-likeness (QED) is 0.507. The summed E-state index contributed by atoms with van der Waals surface area (Å²) in [4.78, 5) is 0. The van der Waals surface area contributed by atoms with E-state index in [0.29, 0.717) is 0 Å². The zero-order valence-corrected chi connectivity index (χ0v) is 7.07.